The van der Waals surface area contributed by atoms with Crippen LogP contribution in [0.1, 0.15) is 0 Å². The third-order valence-corrected chi connectivity index (χ3v) is 3.29. The largest absolute Gasteiger partial charge is 0.492 e. The lowest BCUT2D eigenvalue weighted by molar-refractivity contribution is 0.288. The molecule has 2 rings (SSSR count). The Kier molecular flexibility index (Phi) is 4.69. The first-order valence-corrected chi connectivity index (χ1v) is 6.51. The Balaban J connectivity index is 2.00. The highest BCUT2D eigenvalue weighted by Crippen LogP contribution is 2.17. The average Bonchev–Trinajstić information content (AvgIpc) is 2.39. The van der Waals surface area contributed by atoms with Crippen molar-refractivity contribution in [3.05, 3.63) is 55.9 Å². The van der Waals surface area contributed by atoms with Crippen LogP contribution in [0.15, 0.2) is 35.3 Å². The summed E-state index contributed by atoms with van der Waals surface area (Å²) in [6, 6.07) is 6.99. The van der Waals surface area contributed by atoms with E-state index in [0.717, 1.165) is 0 Å². The highest BCUT2D eigenvalue weighted by molar-refractivity contribution is 6.41. The molecule has 2 aromatic rings. The Morgan fingerprint density at radius 3 is 2.79 bits per heavy atom. The Labute approximate surface area is 124 Å². The summed E-state index contributed by atoms with van der Waals surface area (Å²) < 4.78 is 6.65. The lowest BCUT2D eigenvalue weighted by Gasteiger charge is -2.08. The third kappa shape index (κ3) is 3.62. The van der Waals surface area contributed by atoms with Crippen molar-refractivity contribution in [3.8, 4) is 5.75 Å². The van der Waals surface area contributed by atoms with Crippen LogP contribution in [0.5, 0.6) is 5.75 Å². The van der Waals surface area contributed by atoms with Crippen LogP contribution in [0.3, 0.4) is 0 Å². The number of hydrogen-bond acceptors (Lipinski definition) is 3. The number of ether oxygens (including phenoxy) is 1. The topological polar surface area (TPSA) is 44.1 Å². The molecule has 0 aliphatic heterocycles. The molecule has 7 heteroatoms. The molecular weight excluding hydrogens is 311 g/mol. The minimum absolute atomic E-state index is 0.0422. The molecule has 0 aliphatic carbocycles. The van der Waals surface area contributed by atoms with Gasteiger partial charge in [-0.2, -0.15) is 5.10 Å². The zero-order valence-electron chi connectivity index (χ0n) is 9.65. The lowest BCUT2D eigenvalue weighted by Crippen LogP contribution is -2.25. The number of nitrogens with zero attached hydrogens (tertiary/aromatic N) is 2. The summed E-state index contributed by atoms with van der Waals surface area (Å²) in [4.78, 5) is 11.7. The van der Waals surface area contributed by atoms with Gasteiger partial charge < -0.3 is 4.74 Å². The van der Waals surface area contributed by atoms with E-state index in [1.807, 2.05) is 0 Å². The molecule has 19 heavy (non-hydrogen) atoms. The quantitative estimate of drug-likeness (QED) is 0.868. The van der Waals surface area contributed by atoms with E-state index in [0.29, 0.717) is 10.8 Å². The van der Waals surface area contributed by atoms with Crippen molar-refractivity contribution in [1.82, 2.24) is 9.78 Å². The van der Waals surface area contributed by atoms with Gasteiger partial charge in [0.2, 0.25) is 0 Å². The van der Waals surface area contributed by atoms with Crippen molar-refractivity contribution in [3.63, 3.8) is 0 Å². The molecule has 4 nitrogen and oxygen atoms in total. The van der Waals surface area contributed by atoms with E-state index in [9.17, 15) is 4.79 Å². The van der Waals surface area contributed by atoms with Crippen molar-refractivity contribution in [1.29, 1.82) is 0 Å². The molecule has 0 saturated carbocycles. The highest BCUT2D eigenvalue weighted by Gasteiger charge is 2.07. The van der Waals surface area contributed by atoms with E-state index < -0.39 is 5.56 Å². The predicted octanol–water partition coefficient (Wildman–Crippen LogP) is 3.28. The van der Waals surface area contributed by atoms with Gasteiger partial charge in [0.25, 0.3) is 5.56 Å². The maximum absolute atomic E-state index is 11.7. The van der Waals surface area contributed by atoms with Crippen LogP contribution in [0.25, 0.3) is 0 Å². The van der Waals surface area contributed by atoms with Crippen LogP contribution >= 0.6 is 34.8 Å². The van der Waals surface area contributed by atoms with Gasteiger partial charge in [0.05, 0.1) is 17.8 Å². The number of hydrogen-bond donors (Lipinski definition) is 0. The number of halogens is 3. The second-order valence-electron chi connectivity index (χ2n) is 3.64. The molecule has 0 unspecified atom stereocenters. The van der Waals surface area contributed by atoms with Gasteiger partial charge in [-0.3, -0.25) is 4.79 Å². The summed E-state index contributed by atoms with van der Waals surface area (Å²) in [7, 11) is 0. The van der Waals surface area contributed by atoms with Crippen LogP contribution in [0.2, 0.25) is 15.1 Å². The molecular formula is C12H9Cl3N2O2. The zero-order chi connectivity index (χ0) is 13.8. The lowest BCUT2D eigenvalue weighted by atomic mass is 10.3. The van der Waals surface area contributed by atoms with Crippen LogP contribution in [-0.2, 0) is 6.54 Å². The van der Waals surface area contributed by atoms with Gasteiger partial charge >= 0.3 is 0 Å². The first kappa shape index (κ1) is 14.2. The van der Waals surface area contributed by atoms with Crippen molar-refractivity contribution >= 4 is 34.8 Å². The first-order valence-electron chi connectivity index (χ1n) is 5.37. The molecule has 0 saturated heterocycles. The number of benzene rings is 1. The van der Waals surface area contributed by atoms with Gasteiger partial charge in [0.15, 0.2) is 0 Å². The Morgan fingerprint density at radius 1 is 1.26 bits per heavy atom. The summed E-state index contributed by atoms with van der Waals surface area (Å²) in [6.07, 6.45) is 1.32. The second kappa shape index (κ2) is 6.28. The summed E-state index contributed by atoms with van der Waals surface area (Å²) in [5, 5.41) is 4.55. The van der Waals surface area contributed by atoms with Gasteiger partial charge in [-0.05, 0) is 18.2 Å². The molecule has 100 valence electrons. The van der Waals surface area contributed by atoms with Gasteiger partial charge in [-0.25, -0.2) is 4.68 Å². The molecule has 0 spiro atoms. The van der Waals surface area contributed by atoms with E-state index in [1.54, 1.807) is 24.3 Å². The maximum atomic E-state index is 11.7. The first-order chi connectivity index (χ1) is 9.08. The molecule has 0 N–H and O–H groups in total. The smallest absolute Gasteiger partial charge is 0.287 e. The number of aromatic nitrogens is 2. The monoisotopic (exact) mass is 318 g/mol. The van der Waals surface area contributed by atoms with E-state index in [-0.39, 0.29) is 23.2 Å². The fourth-order valence-electron chi connectivity index (χ4n) is 1.41. The average molecular weight is 320 g/mol. The van der Waals surface area contributed by atoms with Crippen molar-refractivity contribution in [2.75, 3.05) is 6.61 Å². The molecule has 0 aliphatic rings. The standard InChI is InChI=1S/C12H9Cl3N2O2/c13-8-2-1-3-9(6-8)19-5-4-17-12(18)11(15)10(14)7-16-17/h1-3,6-7H,4-5H2. The highest BCUT2D eigenvalue weighted by atomic mass is 35.5. The SMILES string of the molecule is O=c1c(Cl)c(Cl)cnn1CCOc1cccc(Cl)c1. The molecule has 0 bridgehead atoms. The van der Waals surface area contributed by atoms with Crippen molar-refractivity contribution in [2.24, 2.45) is 0 Å². The molecule has 0 radical (unpaired) electrons. The molecule has 0 fully saturated rings. The minimum atomic E-state index is -0.441. The predicted molar refractivity (Wildman–Crippen MR) is 75.5 cm³/mol. The van der Waals surface area contributed by atoms with Gasteiger partial charge in [-0.15, -0.1) is 0 Å². The number of rotatable bonds is 4. The fourth-order valence-corrected chi connectivity index (χ4v) is 1.86. The molecule has 1 aromatic carbocycles. The molecule has 1 aromatic heterocycles. The Morgan fingerprint density at radius 2 is 2.05 bits per heavy atom. The summed E-state index contributed by atoms with van der Waals surface area (Å²) >= 11 is 17.2. The Hall–Kier alpha value is -1.23. The second-order valence-corrected chi connectivity index (χ2v) is 4.86. The van der Waals surface area contributed by atoms with Gasteiger partial charge in [-0.1, -0.05) is 40.9 Å². The van der Waals surface area contributed by atoms with Crippen LogP contribution in [-0.4, -0.2) is 16.4 Å². The maximum Gasteiger partial charge on any atom is 0.287 e. The molecule has 1 heterocycles. The van der Waals surface area contributed by atoms with Crippen molar-refractivity contribution in [2.45, 2.75) is 6.54 Å². The summed E-state index contributed by atoms with van der Waals surface area (Å²) in [5.74, 6) is 0.626. The fraction of sp³-hybridized carbons (Fsp3) is 0.167. The van der Waals surface area contributed by atoms with Crippen LogP contribution in [0, 0.1) is 0 Å². The molecule has 0 atom stereocenters. The van der Waals surface area contributed by atoms with Gasteiger partial charge in [0, 0.05) is 5.02 Å². The van der Waals surface area contributed by atoms with E-state index in [1.165, 1.54) is 10.9 Å². The zero-order valence-corrected chi connectivity index (χ0v) is 11.9. The van der Waals surface area contributed by atoms with Crippen LogP contribution < -0.4 is 10.3 Å². The minimum Gasteiger partial charge on any atom is -0.492 e. The molecule has 0 amide bonds. The van der Waals surface area contributed by atoms with E-state index >= 15 is 0 Å². The van der Waals surface area contributed by atoms with Crippen molar-refractivity contribution < 1.29 is 4.74 Å². The van der Waals surface area contributed by atoms with E-state index in [4.69, 9.17) is 39.5 Å². The normalized spacial score (nSPS) is 10.5. The Bertz CT molecular complexity index is 643. The summed E-state index contributed by atoms with van der Waals surface area (Å²) in [6.45, 7) is 0.535. The summed E-state index contributed by atoms with van der Waals surface area (Å²) in [5.41, 5.74) is -0.441. The van der Waals surface area contributed by atoms with E-state index in [2.05, 4.69) is 5.10 Å². The third-order valence-electron chi connectivity index (χ3n) is 2.31. The van der Waals surface area contributed by atoms with Crippen LogP contribution in [0.4, 0.5) is 0 Å². The van der Waals surface area contributed by atoms with Gasteiger partial charge in [0.1, 0.15) is 17.4 Å².